The molecule has 8 nitrogen and oxygen atoms in total. The van der Waals surface area contributed by atoms with Crippen LogP contribution in [0.2, 0.25) is 0 Å². The fraction of sp³-hybridized carbons (Fsp3) is 0.565. The average molecular weight is 461 g/mol. The van der Waals surface area contributed by atoms with Crippen molar-refractivity contribution in [3.63, 3.8) is 0 Å². The maximum absolute atomic E-state index is 12.7. The predicted octanol–water partition coefficient (Wildman–Crippen LogP) is 2.15. The molecule has 0 aliphatic carbocycles. The van der Waals surface area contributed by atoms with Crippen molar-refractivity contribution in [3.05, 3.63) is 41.2 Å². The minimum atomic E-state index is -2.96. The molecule has 2 saturated heterocycles. The standard InChI is InChI=1S/C23H32N4O4S/c1-17-23(18(2)27(24-17)20-10-15-32(29,30)16-20)26-13-11-25(12-14-26)22(28)9-6-19-4-7-21(31-3)8-5-19/h4-5,7-8,20H,6,9-16H2,1-3H3. The van der Waals surface area contributed by atoms with Gasteiger partial charge in [0.1, 0.15) is 5.75 Å². The predicted molar refractivity (Wildman–Crippen MR) is 124 cm³/mol. The van der Waals surface area contributed by atoms with Crippen molar-refractivity contribution in [2.24, 2.45) is 0 Å². The lowest BCUT2D eigenvalue weighted by Gasteiger charge is -2.36. The maximum Gasteiger partial charge on any atom is 0.223 e. The van der Waals surface area contributed by atoms with E-state index < -0.39 is 9.84 Å². The smallest absolute Gasteiger partial charge is 0.223 e. The van der Waals surface area contributed by atoms with Gasteiger partial charge in [-0.2, -0.15) is 5.10 Å². The van der Waals surface area contributed by atoms with E-state index in [9.17, 15) is 13.2 Å². The second kappa shape index (κ2) is 9.13. The molecular weight excluding hydrogens is 428 g/mol. The molecule has 2 aliphatic heterocycles. The number of ether oxygens (including phenoxy) is 1. The number of aryl methyl sites for hydroxylation is 2. The third-order valence-corrected chi connectivity index (χ3v) is 8.33. The molecule has 1 unspecified atom stereocenters. The van der Waals surface area contributed by atoms with Crippen molar-refractivity contribution in [3.8, 4) is 5.75 Å². The zero-order chi connectivity index (χ0) is 22.9. The van der Waals surface area contributed by atoms with Crippen LogP contribution in [-0.4, -0.2) is 73.8 Å². The molecule has 0 radical (unpaired) electrons. The number of piperazine rings is 1. The van der Waals surface area contributed by atoms with Gasteiger partial charge in [-0.3, -0.25) is 9.48 Å². The van der Waals surface area contributed by atoms with Gasteiger partial charge in [0.25, 0.3) is 0 Å². The number of nitrogens with zero attached hydrogens (tertiary/aromatic N) is 4. The SMILES string of the molecule is COc1ccc(CCC(=O)N2CCN(c3c(C)nn(C4CCS(=O)(=O)C4)c3C)CC2)cc1. The van der Waals surface area contributed by atoms with Crippen LogP contribution in [0.15, 0.2) is 24.3 Å². The summed E-state index contributed by atoms with van der Waals surface area (Å²) in [7, 11) is -1.32. The summed E-state index contributed by atoms with van der Waals surface area (Å²) >= 11 is 0. The number of benzene rings is 1. The Labute approximate surface area is 190 Å². The maximum atomic E-state index is 12.7. The number of rotatable bonds is 6. The van der Waals surface area contributed by atoms with Crippen molar-refractivity contribution in [2.45, 2.75) is 39.2 Å². The molecule has 1 atom stereocenters. The summed E-state index contributed by atoms with van der Waals surface area (Å²) in [5.41, 5.74) is 4.15. The topological polar surface area (TPSA) is 84.7 Å². The van der Waals surface area contributed by atoms with Crippen molar-refractivity contribution < 1.29 is 17.9 Å². The van der Waals surface area contributed by atoms with Crippen LogP contribution in [0.4, 0.5) is 5.69 Å². The number of hydrogen-bond donors (Lipinski definition) is 0. The number of amides is 1. The van der Waals surface area contributed by atoms with Crippen LogP contribution in [0.25, 0.3) is 0 Å². The monoisotopic (exact) mass is 460 g/mol. The Morgan fingerprint density at radius 1 is 1.12 bits per heavy atom. The Balaban J connectivity index is 1.34. The summed E-state index contributed by atoms with van der Waals surface area (Å²) in [5, 5.41) is 4.68. The molecule has 2 aromatic rings. The van der Waals surface area contributed by atoms with Crippen molar-refractivity contribution >= 4 is 21.4 Å². The number of sulfone groups is 1. The Morgan fingerprint density at radius 2 is 1.81 bits per heavy atom. The fourth-order valence-electron chi connectivity index (χ4n) is 4.82. The average Bonchev–Trinajstić information content (AvgIpc) is 3.30. The van der Waals surface area contributed by atoms with Crippen LogP contribution in [0.3, 0.4) is 0 Å². The van der Waals surface area contributed by atoms with E-state index in [4.69, 9.17) is 4.74 Å². The normalized spacial score (nSPS) is 20.5. The summed E-state index contributed by atoms with van der Waals surface area (Å²) in [5.74, 6) is 1.41. The second-order valence-electron chi connectivity index (χ2n) is 8.74. The van der Waals surface area contributed by atoms with Crippen LogP contribution >= 0.6 is 0 Å². The van der Waals surface area contributed by atoms with Crippen molar-refractivity contribution in [1.82, 2.24) is 14.7 Å². The molecule has 0 N–H and O–H groups in total. The van der Waals surface area contributed by atoms with Gasteiger partial charge in [0.2, 0.25) is 5.91 Å². The number of carbonyl (C=O) groups excluding carboxylic acids is 1. The molecule has 3 heterocycles. The molecule has 2 fully saturated rings. The largest absolute Gasteiger partial charge is 0.497 e. The quantitative estimate of drug-likeness (QED) is 0.657. The lowest BCUT2D eigenvalue weighted by molar-refractivity contribution is -0.131. The van der Waals surface area contributed by atoms with Crippen LogP contribution in [0.1, 0.15) is 35.8 Å². The molecule has 2 aliphatic rings. The lowest BCUT2D eigenvalue weighted by atomic mass is 10.1. The van der Waals surface area contributed by atoms with Crippen LogP contribution < -0.4 is 9.64 Å². The molecule has 1 aromatic carbocycles. The third-order valence-electron chi connectivity index (χ3n) is 6.58. The molecule has 174 valence electrons. The molecule has 1 amide bonds. The summed E-state index contributed by atoms with van der Waals surface area (Å²) < 4.78 is 30.9. The van der Waals surface area contributed by atoms with E-state index in [1.807, 2.05) is 47.7 Å². The van der Waals surface area contributed by atoms with Gasteiger partial charge in [0.15, 0.2) is 9.84 Å². The van der Waals surface area contributed by atoms with Gasteiger partial charge < -0.3 is 14.5 Å². The van der Waals surface area contributed by atoms with Gasteiger partial charge in [0.05, 0.1) is 41.7 Å². The van der Waals surface area contributed by atoms with Crippen LogP contribution in [0, 0.1) is 13.8 Å². The highest BCUT2D eigenvalue weighted by Crippen LogP contribution is 2.31. The molecule has 1 aromatic heterocycles. The molecule has 0 spiro atoms. The van der Waals surface area contributed by atoms with Gasteiger partial charge in [0, 0.05) is 32.6 Å². The summed E-state index contributed by atoms with van der Waals surface area (Å²) in [6.07, 6.45) is 1.84. The van der Waals surface area contributed by atoms with Gasteiger partial charge in [-0.25, -0.2) is 8.42 Å². The Morgan fingerprint density at radius 3 is 2.41 bits per heavy atom. The molecule has 0 saturated carbocycles. The Bertz CT molecular complexity index is 1070. The van der Waals surface area contributed by atoms with Gasteiger partial charge >= 0.3 is 0 Å². The first-order chi connectivity index (χ1) is 15.3. The Hall–Kier alpha value is -2.55. The highest BCUT2D eigenvalue weighted by molar-refractivity contribution is 7.91. The van der Waals surface area contributed by atoms with Crippen LogP contribution in [-0.2, 0) is 21.1 Å². The van der Waals surface area contributed by atoms with Gasteiger partial charge in [-0.1, -0.05) is 12.1 Å². The Kier molecular flexibility index (Phi) is 6.46. The first-order valence-electron chi connectivity index (χ1n) is 11.2. The zero-order valence-electron chi connectivity index (χ0n) is 19.1. The number of anilines is 1. The van der Waals surface area contributed by atoms with E-state index >= 15 is 0 Å². The van der Waals surface area contributed by atoms with Gasteiger partial charge in [-0.15, -0.1) is 0 Å². The van der Waals surface area contributed by atoms with E-state index in [0.29, 0.717) is 25.9 Å². The molecule has 32 heavy (non-hydrogen) atoms. The number of aromatic nitrogens is 2. The minimum Gasteiger partial charge on any atom is -0.497 e. The van der Waals surface area contributed by atoms with E-state index in [-0.39, 0.29) is 23.5 Å². The van der Waals surface area contributed by atoms with Crippen molar-refractivity contribution in [2.75, 3.05) is 49.7 Å². The van der Waals surface area contributed by atoms with Crippen molar-refractivity contribution in [1.29, 1.82) is 0 Å². The summed E-state index contributed by atoms with van der Waals surface area (Å²) in [6, 6.07) is 7.77. The van der Waals surface area contributed by atoms with E-state index in [1.165, 1.54) is 0 Å². The molecule has 9 heteroatoms. The highest BCUT2D eigenvalue weighted by atomic mass is 32.2. The molecular formula is C23H32N4O4S. The zero-order valence-corrected chi connectivity index (χ0v) is 19.9. The number of methoxy groups -OCH3 is 1. The van der Waals surface area contributed by atoms with Gasteiger partial charge in [-0.05, 0) is 44.4 Å². The first kappa shape index (κ1) is 22.6. The van der Waals surface area contributed by atoms with Crippen LogP contribution in [0.5, 0.6) is 5.75 Å². The van der Waals surface area contributed by atoms with E-state index in [2.05, 4.69) is 10.00 Å². The molecule has 0 bridgehead atoms. The minimum absolute atomic E-state index is 0.0757. The highest BCUT2D eigenvalue weighted by Gasteiger charge is 2.33. The molecule has 4 rings (SSSR count). The number of hydrogen-bond acceptors (Lipinski definition) is 6. The first-order valence-corrected chi connectivity index (χ1v) is 13.0. The summed E-state index contributed by atoms with van der Waals surface area (Å²) in [4.78, 5) is 16.9. The van der Waals surface area contributed by atoms with E-state index in [0.717, 1.165) is 47.9 Å². The number of carbonyl (C=O) groups is 1. The fourth-order valence-corrected chi connectivity index (χ4v) is 6.51. The third kappa shape index (κ3) is 4.77. The second-order valence-corrected chi connectivity index (χ2v) is 11.0. The van der Waals surface area contributed by atoms with E-state index in [1.54, 1.807) is 7.11 Å². The lowest BCUT2D eigenvalue weighted by Crippen LogP contribution is -2.49. The summed E-state index contributed by atoms with van der Waals surface area (Å²) in [6.45, 7) is 6.88.